The number of nitrogens with zero attached hydrogens (tertiary/aromatic N) is 1. The zero-order valence-corrected chi connectivity index (χ0v) is 8.51. The summed E-state index contributed by atoms with van der Waals surface area (Å²) in [5.74, 6) is 0. The first-order valence-corrected chi connectivity index (χ1v) is 4.81. The largest absolute Gasteiger partial charge is 0.438 e. The third kappa shape index (κ3) is 1.80. The molecule has 0 aromatic heterocycles. The minimum absolute atomic E-state index is 0.165. The van der Waals surface area contributed by atoms with Gasteiger partial charge in [0.2, 0.25) is 0 Å². The van der Waals surface area contributed by atoms with Gasteiger partial charge in [-0.1, -0.05) is 18.2 Å². The van der Waals surface area contributed by atoms with Gasteiger partial charge in [0, 0.05) is 5.69 Å². The van der Waals surface area contributed by atoms with Gasteiger partial charge < -0.3 is 9.84 Å². The number of aliphatic hydroxyl groups is 1. The Balaban J connectivity index is 2.23. The van der Waals surface area contributed by atoms with E-state index < -0.39 is 11.7 Å². The van der Waals surface area contributed by atoms with E-state index in [0.29, 0.717) is 6.54 Å². The molecule has 1 aromatic carbocycles. The molecular weight excluding hydrogens is 194 g/mol. The van der Waals surface area contributed by atoms with Gasteiger partial charge in [0.25, 0.3) is 0 Å². The molecule has 1 aliphatic rings. The Morgan fingerprint density at radius 3 is 2.67 bits per heavy atom. The molecule has 0 radical (unpaired) electrons. The number of cyclic esters (lactones) is 1. The van der Waals surface area contributed by atoms with E-state index in [4.69, 9.17) is 9.84 Å². The quantitative estimate of drug-likeness (QED) is 0.797. The molecule has 1 aromatic rings. The van der Waals surface area contributed by atoms with Crippen molar-refractivity contribution in [3.8, 4) is 0 Å². The number of anilines is 1. The summed E-state index contributed by atoms with van der Waals surface area (Å²) in [4.78, 5) is 13.1. The zero-order chi connectivity index (χ0) is 10.9. The summed E-state index contributed by atoms with van der Waals surface area (Å²) in [7, 11) is 0. The molecule has 0 bridgehead atoms. The van der Waals surface area contributed by atoms with Gasteiger partial charge in [-0.2, -0.15) is 0 Å². The first kappa shape index (κ1) is 9.98. The molecule has 1 atom stereocenters. The third-order valence-electron chi connectivity index (χ3n) is 2.45. The van der Waals surface area contributed by atoms with Gasteiger partial charge in [-0.3, -0.25) is 4.90 Å². The van der Waals surface area contributed by atoms with E-state index >= 15 is 0 Å². The van der Waals surface area contributed by atoms with Crippen LogP contribution in [0.5, 0.6) is 0 Å². The smallest absolute Gasteiger partial charge is 0.415 e. The molecule has 4 nitrogen and oxygen atoms in total. The summed E-state index contributed by atoms with van der Waals surface area (Å²) in [6.45, 7) is 1.93. The van der Waals surface area contributed by atoms with E-state index in [-0.39, 0.29) is 6.61 Å². The molecule has 1 N–H and O–H groups in total. The molecule has 1 saturated heterocycles. The van der Waals surface area contributed by atoms with Crippen molar-refractivity contribution in [2.45, 2.75) is 12.5 Å². The molecule has 1 fully saturated rings. The summed E-state index contributed by atoms with van der Waals surface area (Å²) in [5, 5.41) is 9.10. The maximum absolute atomic E-state index is 11.5. The second kappa shape index (κ2) is 3.55. The highest BCUT2D eigenvalue weighted by molar-refractivity contribution is 5.90. The Bertz CT molecular complexity index is 365. The van der Waals surface area contributed by atoms with E-state index in [1.807, 2.05) is 30.3 Å². The van der Waals surface area contributed by atoms with Crippen LogP contribution in [0.2, 0.25) is 0 Å². The molecule has 1 heterocycles. The summed E-state index contributed by atoms with van der Waals surface area (Å²) >= 11 is 0. The fraction of sp³-hybridized carbons (Fsp3) is 0.364. The number of hydrogen-bond donors (Lipinski definition) is 1. The number of rotatable bonds is 2. The molecule has 0 spiro atoms. The monoisotopic (exact) mass is 207 g/mol. The lowest BCUT2D eigenvalue weighted by atomic mass is 10.1. The average molecular weight is 207 g/mol. The van der Waals surface area contributed by atoms with Crippen molar-refractivity contribution in [3.63, 3.8) is 0 Å². The maximum atomic E-state index is 11.5. The van der Waals surface area contributed by atoms with Gasteiger partial charge in [-0.25, -0.2) is 4.79 Å². The van der Waals surface area contributed by atoms with E-state index in [1.165, 1.54) is 4.90 Å². The van der Waals surface area contributed by atoms with E-state index in [0.717, 1.165) is 5.69 Å². The fourth-order valence-electron chi connectivity index (χ4n) is 1.58. The SMILES string of the molecule is CC1(CO)CN(c2ccccc2)C(=O)O1. The Hall–Kier alpha value is -1.55. The van der Waals surface area contributed by atoms with Crippen LogP contribution in [0.4, 0.5) is 10.5 Å². The van der Waals surface area contributed by atoms with Crippen molar-refractivity contribution < 1.29 is 14.6 Å². The van der Waals surface area contributed by atoms with Crippen LogP contribution in [0.15, 0.2) is 30.3 Å². The van der Waals surface area contributed by atoms with Gasteiger partial charge >= 0.3 is 6.09 Å². The molecule has 15 heavy (non-hydrogen) atoms. The summed E-state index contributed by atoms with van der Waals surface area (Å²) in [5.41, 5.74) is 0.00657. The molecule has 2 rings (SSSR count). The highest BCUT2D eigenvalue weighted by atomic mass is 16.6. The van der Waals surface area contributed by atoms with Crippen molar-refractivity contribution in [1.29, 1.82) is 0 Å². The highest BCUT2D eigenvalue weighted by Gasteiger charge is 2.41. The van der Waals surface area contributed by atoms with Crippen molar-refractivity contribution in [3.05, 3.63) is 30.3 Å². The van der Waals surface area contributed by atoms with Crippen LogP contribution in [0.3, 0.4) is 0 Å². The number of benzene rings is 1. The van der Waals surface area contributed by atoms with Crippen LogP contribution < -0.4 is 4.90 Å². The molecule has 0 aliphatic carbocycles. The van der Waals surface area contributed by atoms with E-state index in [2.05, 4.69) is 0 Å². The van der Waals surface area contributed by atoms with Gasteiger partial charge in [0.15, 0.2) is 5.60 Å². The number of amides is 1. The number of carbonyl (C=O) groups excluding carboxylic acids is 1. The van der Waals surface area contributed by atoms with Crippen molar-refractivity contribution >= 4 is 11.8 Å². The summed E-state index contributed by atoms with van der Waals surface area (Å²) in [6.07, 6.45) is -0.405. The molecule has 4 heteroatoms. The standard InChI is InChI=1S/C11H13NO3/c1-11(8-13)7-12(10(14)15-11)9-5-3-2-4-6-9/h2-6,13H,7-8H2,1H3. The van der Waals surface area contributed by atoms with Crippen LogP contribution in [0.1, 0.15) is 6.92 Å². The molecule has 1 amide bonds. The number of carbonyl (C=O) groups is 1. The molecular formula is C11H13NO3. The normalized spacial score (nSPS) is 25.5. The Kier molecular flexibility index (Phi) is 2.36. The second-order valence-corrected chi connectivity index (χ2v) is 3.90. The predicted molar refractivity (Wildman–Crippen MR) is 55.8 cm³/mol. The lowest BCUT2D eigenvalue weighted by Gasteiger charge is -2.18. The lowest BCUT2D eigenvalue weighted by molar-refractivity contribution is 0.0219. The van der Waals surface area contributed by atoms with Crippen molar-refractivity contribution in [2.24, 2.45) is 0 Å². The molecule has 1 unspecified atom stereocenters. The van der Waals surface area contributed by atoms with Gasteiger partial charge in [-0.05, 0) is 19.1 Å². The predicted octanol–water partition coefficient (Wildman–Crippen LogP) is 1.39. The topological polar surface area (TPSA) is 49.8 Å². The molecule has 0 saturated carbocycles. The average Bonchev–Trinajstić information content (AvgIpc) is 2.57. The zero-order valence-electron chi connectivity index (χ0n) is 8.51. The van der Waals surface area contributed by atoms with Crippen LogP contribution in [0, 0.1) is 0 Å². The van der Waals surface area contributed by atoms with Gasteiger partial charge in [-0.15, -0.1) is 0 Å². The minimum Gasteiger partial charge on any atom is -0.438 e. The highest BCUT2D eigenvalue weighted by Crippen LogP contribution is 2.26. The number of para-hydroxylation sites is 1. The lowest BCUT2D eigenvalue weighted by Crippen LogP contribution is -2.34. The van der Waals surface area contributed by atoms with Crippen LogP contribution in [-0.4, -0.2) is 30.0 Å². The summed E-state index contributed by atoms with van der Waals surface area (Å²) < 4.78 is 5.10. The van der Waals surface area contributed by atoms with Gasteiger partial charge in [0.05, 0.1) is 13.2 Å². The first-order valence-electron chi connectivity index (χ1n) is 4.81. The Morgan fingerprint density at radius 2 is 2.13 bits per heavy atom. The van der Waals surface area contributed by atoms with Crippen molar-refractivity contribution in [1.82, 2.24) is 0 Å². The van der Waals surface area contributed by atoms with E-state index in [1.54, 1.807) is 6.92 Å². The fourth-order valence-corrected chi connectivity index (χ4v) is 1.58. The second-order valence-electron chi connectivity index (χ2n) is 3.90. The number of ether oxygens (including phenoxy) is 1. The Labute approximate surface area is 88.1 Å². The number of hydrogen-bond acceptors (Lipinski definition) is 3. The van der Waals surface area contributed by atoms with Gasteiger partial charge in [0.1, 0.15) is 0 Å². The maximum Gasteiger partial charge on any atom is 0.415 e. The Morgan fingerprint density at radius 1 is 1.47 bits per heavy atom. The van der Waals surface area contributed by atoms with Crippen molar-refractivity contribution in [2.75, 3.05) is 18.1 Å². The molecule has 1 aliphatic heterocycles. The van der Waals surface area contributed by atoms with Crippen LogP contribution in [0.25, 0.3) is 0 Å². The van der Waals surface area contributed by atoms with E-state index in [9.17, 15) is 4.79 Å². The summed E-state index contributed by atoms with van der Waals surface area (Å²) in [6, 6.07) is 9.28. The third-order valence-corrected chi connectivity index (χ3v) is 2.45. The minimum atomic E-state index is -0.785. The first-order chi connectivity index (χ1) is 7.14. The number of aliphatic hydroxyl groups excluding tert-OH is 1. The van der Waals surface area contributed by atoms with Crippen LogP contribution >= 0.6 is 0 Å². The van der Waals surface area contributed by atoms with Crippen LogP contribution in [-0.2, 0) is 4.74 Å². The molecule has 80 valence electrons.